The zero-order valence-electron chi connectivity index (χ0n) is 14.7. The summed E-state index contributed by atoms with van der Waals surface area (Å²) >= 11 is 0. The van der Waals surface area contributed by atoms with Gasteiger partial charge in [-0.15, -0.1) is 5.10 Å². The van der Waals surface area contributed by atoms with E-state index in [1.165, 1.54) is 18.7 Å². The molecule has 3 rings (SSSR count). The van der Waals surface area contributed by atoms with Crippen LogP contribution in [0.4, 0.5) is 0 Å². The lowest BCUT2D eigenvalue weighted by Gasteiger charge is -2.34. The summed E-state index contributed by atoms with van der Waals surface area (Å²) in [6.45, 7) is 2.20. The lowest BCUT2D eigenvalue weighted by molar-refractivity contribution is 0.0736. The van der Waals surface area contributed by atoms with E-state index in [-0.39, 0.29) is 5.91 Å². The lowest BCUT2D eigenvalue weighted by Crippen LogP contribution is -2.47. The summed E-state index contributed by atoms with van der Waals surface area (Å²) in [4.78, 5) is 24.5. The maximum atomic E-state index is 12.7. The third-order valence-corrected chi connectivity index (χ3v) is 4.65. The molecule has 2 aromatic heterocycles. The van der Waals surface area contributed by atoms with Gasteiger partial charge in [-0.2, -0.15) is 0 Å². The molecular weight excluding hydrogens is 324 g/mol. The van der Waals surface area contributed by atoms with Crippen LogP contribution in [0.3, 0.4) is 0 Å². The fraction of sp³-hybridized carbons (Fsp3) is 0.600. The third-order valence-electron chi connectivity index (χ3n) is 4.65. The van der Waals surface area contributed by atoms with Gasteiger partial charge in [0.2, 0.25) is 0 Å². The van der Waals surface area contributed by atoms with E-state index in [4.69, 9.17) is 4.74 Å². The van der Waals surface area contributed by atoms with Gasteiger partial charge in [-0.05, 0) is 30.9 Å². The van der Waals surface area contributed by atoms with Crippen molar-refractivity contribution in [1.82, 2.24) is 40.0 Å². The molecule has 1 saturated heterocycles. The van der Waals surface area contributed by atoms with Crippen LogP contribution in [-0.4, -0.2) is 86.8 Å². The lowest BCUT2D eigenvalue weighted by atomic mass is 9.96. The van der Waals surface area contributed by atoms with Crippen molar-refractivity contribution in [3.63, 3.8) is 0 Å². The number of hydrogen-bond donors (Lipinski definition) is 0. The Morgan fingerprint density at radius 1 is 1.36 bits per heavy atom. The molecule has 0 aromatic carbocycles. The predicted molar refractivity (Wildman–Crippen MR) is 87.6 cm³/mol. The molecule has 0 N–H and O–H groups in total. The summed E-state index contributed by atoms with van der Waals surface area (Å²) < 4.78 is 6.89. The highest BCUT2D eigenvalue weighted by molar-refractivity contribution is 5.93. The van der Waals surface area contributed by atoms with Crippen molar-refractivity contribution in [2.45, 2.75) is 18.5 Å². The van der Waals surface area contributed by atoms with Crippen molar-refractivity contribution in [2.75, 3.05) is 40.9 Å². The Kier molecular flexibility index (Phi) is 5.00. The quantitative estimate of drug-likeness (QED) is 0.684. The first-order valence-corrected chi connectivity index (χ1v) is 8.06. The summed E-state index contributed by atoms with van der Waals surface area (Å²) in [6, 6.07) is 0. The molecule has 10 nitrogen and oxygen atoms in total. The summed E-state index contributed by atoms with van der Waals surface area (Å²) in [6.07, 6.45) is 5.23. The molecule has 0 aliphatic carbocycles. The normalized spacial score (nSPS) is 20.4. The number of hydrogen-bond acceptors (Lipinski definition) is 8. The number of carbonyl (C=O) groups is 1. The zero-order valence-corrected chi connectivity index (χ0v) is 14.7. The Hall–Kier alpha value is -2.46. The monoisotopic (exact) mass is 346 g/mol. The molecule has 1 aliphatic heterocycles. The molecule has 1 aliphatic rings. The zero-order chi connectivity index (χ0) is 17.9. The molecule has 25 heavy (non-hydrogen) atoms. The summed E-state index contributed by atoms with van der Waals surface area (Å²) in [5.41, 5.74) is 0.0405. The maximum Gasteiger partial charge on any atom is 0.257 e. The van der Waals surface area contributed by atoms with Gasteiger partial charge in [-0.3, -0.25) is 9.69 Å². The van der Waals surface area contributed by atoms with Crippen molar-refractivity contribution in [2.24, 2.45) is 0 Å². The molecule has 3 heterocycles. The fourth-order valence-electron chi connectivity index (χ4n) is 3.17. The Bertz CT molecular complexity index is 719. The van der Waals surface area contributed by atoms with E-state index in [1.807, 2.05) is 14.1 Å². The van der Waals surface area contributed by atoms with Crippen molar-refractivity contribution >= 4 is 5.91 Å². The molecule has 0 spiro atoms. The van der Waals surface area contributed by atoms with Gasteiger partial charge in [-0.1, -0.05) is 0 Å². The summed E-state index contributed by atoms with van der Waals surface area (Å²) in [5.74, 6) is 0.661. The molecule has 2 aromatic rings. The number of tetrazole rings is 1. The van der Waals surface area contributed by atoms with Crippen LogP contribution in [0.25, 0.3) is 0 Å². The van der Waals surface area contributed by atoms with E-state index in [0.717, 1.165) is 12.2 Å². The number of rotatable bonds is 6. The Balaban J connectivity index is 1.86. The Morgan fingerprint density at radius 2 is 2.12 bits per heavy atom. The number of likely N-dealkylation sites (tertiary alicyclic amines) is 1. The topological polar surface area (TPSA) is 102 Å². The van der Waals surface area contributed by atoms with Gasteiger partial charge in [0, 0.05) is 32.6 Å². The fourth-order valence-corrected chi connectivity index (χ4v) is 3.17. The first-order chi connectivity index (χ1) is 12.1. The van der Waals surface area contributed by atoms with Crippen LogP contribution in [0.5, 0.6) is 0 Å². The second-order valence-electron chi connectivity index (χ2n) is 6.25. The molecule has 0 saturated carbocycles. The number of methoxy groups -OCH3 is 1. The number of ether oxygens (including phenoxy) is 1. The molecule has 0 bridgehead atoms. The van der Waals surface area contributed by atoms with Gasteiger partial charge in [0.15, 0.2) is 5.82 Å². The van der Waals surface area contributed by atoms with E-state index in [2.05, 4.69) is 30.4 Å². The minimum Gasteiger partial charge on any atom is -0.383 e. The number of nitrogens with zero attached hydrogens (tertiary/aromatic N) is 8. The Morgan fingerprint density at radius 3 is 2.80 bits per heavy atom. The van der Waals surface area contributed by atoms with Gasteiger partial charge in [0.25, 0.3) is 5.91 Å². The van der Waals surface area contributed by atoms with Gasteiger partial charge in [0.05, 0.1) is 18.7 Å². The average molecular weight is 346 g/mol. The van der Waals surface area contributed by atoms with Crippen molar-refractivity contribution in [3.05, 3.63) is 30.1 Å². The maximum absolute atomic E-state index is 12.7. The molecule has 1 fully saturated rings. The molecule has 1 amide bonds. The smallest absolute Gasteiger partial charge is 0.257 e. The largest absolute Gasteiger partial charge is 0.383 e. The molecule has 1 unspecified atom stereocenters. The van der Waals surface area contributed by atoms with Crippen molar-refractivity contribution < 1.29 is 9.53 Å². The van der Waals surface area contributed by atoms with Gasteiger partial charge in [-0.25, -0.2) is 14.6 Å². The van der Waals surface area contributed by atoms with Crippen LogP contribution < -0.4 is 0 Å². The van der Waals surface area contributed by atoms with E-state index in [0.29, 0.717) is 31.8 Å². The van der Waals surface area contributed by atoms with Crippen LogP contribution in [0.1, 0.15) is 22.6 Å². The molecule has 10 heteroatoms. The van der Waals surface area contributed by atoms with Crippen LogP contribution >= 0.6 is 0 Å². The molecule has 134 valence electrons. The van der Waals surface area contributed by atoms with Crippen LogP contribution in [0.15, 0.2) is 18.7 Å². The van der Waals surface area contributed by atoms with Gasteiger partial charge < -0.3 is 9.64 Å². The van der Waals surface area contributed by atoms with Crippen molar-refractivity contribution in [3.8, 4) is 0 Å². The van der Waals surface area contributed by atoms with Gasteiger partial charge in [0.1, 0.15) is 11.9 Å². The van der Waals surface area contributed by atoms with Crippen LogP contribution in [0, 0.1) is 0 Å². The first-order valence-electron chi connectivity index (χ1n) is 8.06. The number of likely N-dealkylation sites (N-methyl/N-ethyl adjacent to an activating group) is 1. The highest BCUT2D eigenvalue weighted by Gasteiger charge is 2.47. The summed E-state index contributed by atoms with van der Waals surface area (Å²) in [7, 11) is 5.60. The van der Waals surface area contributed by atoms with E-state index in [1.54, 1.807) is 16.7 Å². The SMILES string of the molecule is COCCn1nnnc1C1(N(C)C)CCN(C(=O)c2cncnc2)C1. The van der Waals surface area contributed by atoms with Crippen molar-refractivity contribution in [1.29, 1.82) is 0 Å². The number of amides is 1. The van der Waals surface area contributed by atoms with E-state index < -0.39 is 5.54 Å². The molecule has 1 atom stereocenters. The number of carbonyl (C=O) groups excluding carboxylic acids is 1. The standard InChI is InChI=1S/C15H22N8O2/c1-21(2)15(14-18-19-20-23(14)6-7-25-3)4-5-22(10-15)13(24)12-8-16-11-17-9-12/h8-9,11H,4-7,10H2,1-3H3. The predicted octanol–water partition coefficient (Wildman–Crippen LogP) is -0.587. The summed E-state index contributed by atoms with van der Waals surface area (Å²) in [5, 5.41) is 12.2. The van der Waals surface area contributed by atoms with E-state index in [9.17, 15) is 4.79 Å². The molecular formula is C15H22N8O2. The van der Waals surface area contributed by atoms with Crippen LogP contribution in [-0.2, 0) is 16.8 Å². The molecule has 0 radical (unpaired) electrons. The highest BCUT2D eigenvalue weighted by atomic mass is 16.5. The highest BCUT2D eigenvalue weighted by Crippen LogP contribution is 2.35. The minimum atomic E-state index is -0.442. The second-order valence-corrected chi connectivity index (χ2v) is 6.25. The first kappa shape index (κ1) is 17.4. The Labute approximate surface area is 145 Å². The van der Waals surface area contributed by atoms with E-state index >= 15 is 0 Å². The van der Waals surface area contributed by atoms with Crippen LogP contribution in [0.2, 0.25) is 0 Å². The average Bonchev–Trinajstić information content (AvgIpc) is 3.27. The third kappa shape index (κ3) is 3.22. The minimum absolute atomic E-state index is 0.0831. The van der Waals surface area contributed by atoms with Gasteiger partial charge >= 0.3 is 0 Å². The second kappa shape index (κ2) is 7.19. The number of aromatic nitrogens is 6.